The standard InChI is InChI=1S/C21H25N3O3/c1-3-27-19-12-5-4-9-16(19)23-20(25)17-10-6-11-18(22-17)21(26)24-13-7-8-15(2)14-24/h4-6,9-12,15H,3,7-8,13-14H2,1-2H3,(H,23,25). The average molecular weight is 367 g/mol. The smallest absolute Gasteiger partial charge is 0.274 e. The van der Waals surface area contributed by atoms with Crippen molar-refractivity contribution in [3.63, 3.8) is 0 Å². The molecule has 1 N–H and O–H groups in total. The molecule has 1 aromatic heterocycles. The largest absolute Gasteiger partial charge is 0.492 e. The van der Waals surface area contributed by atoms with Crippen molar-refractivity contribution in [1.82, 2.24) is 9.88 Å². The van der Waals surface area contributed by atoms with Gasteiger partial charge in [-0.3, -0.25) is 9.59 Å². The normalized spacial score (nSPS) is 16.7. The summed E-state index contributed by atoms with van der Waals surface area (Å²) in [5, 5.41) is 2.81. The molecule has 1 aromatic carbocycles. The van der Waals surface area contributed by atoms with Crippen molar-refractivity contribution in [2.24, 2.45) is 5.92 Å². The Labute approximate surface area is 159 Å². The summed E-state index contributed by atoms with van der Waals surface area (Å²) in [6, 6.07) is 12.2. The number of nitrogens with zero attached hydrogens (tertiary/aromatic N) is 2. The van der Waals surface area contributed by atoms with Gasteiger partial charge in [0, 0.05) is 13.1 Å². The van der Waals surface area contributed by atoms with Crippen LogP contribution < -0.4 is 10.1 Å². The van der Waals surface area contributed by atoms with E-state index in [9.17, 15) is 9.59 Å². The summed E-state index contributed by atoms with van der Waals surface area (Å²) in [4.78, 5) is 31.5. The number of hydrogen-bond acceptors (Lipinski definition) is 4. The van der Waals surface area contributed by atoms with Crippen molar-refractivity contribution in [3.05, 3.63) is 53.9 Å². The lowest BCUT2D eigenvalue weighted by Crippen LogP contribution is -2.39. The number of para-hydroxylation sites is 2. The molecule has 3 rings (SSSR count). The van der Waals surface area contributed by atoms with Crippen LogP contribution in [0.5, 0.6) is 5.75 Å². The second-order valence-electron chi connectivity index (χ2n) is 6.79. The zero-order valence-electron chi connectivity index (χ0n) is 15.8. The summed E-state index contributed by atoms with van der Waals surface area (Å²) in [5.41, 5.74) is 1.08. The predicted octanol–water partition coefficient (Wildman–Crippen LogP) is 3.60. The van der Waals surface area contributed by atoms with Crippen LogP contribution in [-0.2, 0) is 0 Å². The minimum atomic E-state index is -0.371. The Morgan fingerprint density at radius 1 is 1.19 bits per heavy atom. The zero-order valence-corrected chi connectivity index (χ0v) is 15.8. The van der Waals surface area contributed by atoms with Gasteiger partial charge in [-0.2, -0.15) is 0 Å². The number of piperidine rings is 1. The van der Waals surface area contributed by atoms with Crippen LogP contribution in [0.2, 0.25) is 0 Å². The van der Waals surface area contributed by atoms with Crippen LogP contribution >= 0.6 is 0 Å². The monoisotopic (exact) mass is 367 g/mol. The summed E-state index contributed by atoms with van der Waals surface area (Å²) in [6.07, 6.45) is 2.14. The molecule has 0 saturated carbocycles. The maximum absolute atomic E-state index is 12.7. The zero-order chi connectivity index (χ0) is 19.2. The molecule has 1 atom stereocenters. The van der Waals surface area contributed by atoms with Crippen LogP contribution in [-0.4, -0.2) is 41.4 Å². The number of pyridine rings is 1. The van der Waals surface area contributed by atoms with Gasteiger partial charge in [0.15, 0.2) is 0 Å². The van der Waals surface area contributed by atoms with Gasteiger partial charge in [0.2, 0.25) is 0 Å². The first-order valence-electron chi connectivity index (χ1n) is 9.38. The first-order valence-corrected chi connectivity index (χ1v) is 9.38. The van der Waals surface area contributed by atoms with Crippen molar-refractivity contribution in [1.29, 1.82) is 0 Å². The quantitative estimate of drug-likeness (QED) is 0.876. The Bertz CT molecular complexity index is 822. The minimum absolute atomic E-state index is 0.120. The van der Waals surface area contributed by atoms with Crippen LogP contribution in [0.4, 0.5) is 5.69 Å². The van der Waals surface area contributed by atoms with E-state index in [1.807, 2.05) is 24.0 Å². The molecule has 1 unspecified atom stereocenters. The molecule has 0 bridgehead atoms. The number of benzene rings is 1. The molecule has 0 spiro atoms. The van der Waals surface area contributed by atoms with Crippen LogP contribution in [0.3, 0.4) is 0 Å². The first-order chi connectivity index (χ1) is 13.1. The highest BCUT2D eigenvalue weighted by Gasteiger charge is 2.23. The van der Waals surface area contributed by atoms with Crippen LogP contribution in [0, 0.1) is 5.92 Å². The van der Waals surface area contributed by atoms with Gasteiger partial charge in [0.1, 0.15) is 17.1 Å². The van der Waals surface area contributed by atoms with Crippen LogP contribution in [0.25, 0.3) is 0 Å². The van der Waals surface area contributed by atoms with Gasteiger partial charge in [-0.25, -0.2) is 4.98 Å². The Kier molecular flexibility index (Phi) is 6.06. The fourth-order valence-electron chi connectivity index (χ4n) is 3.25. The highest BCUT2D eigenvalue weighted by molar-refractivity contribution is 6.04. The van der Waals surface area contributed by atoms with Gasteiger partial charge >= 0.3 is 0 Å². The Morgan fingerprint density at radius 2 is 1.96 bits per heavy atom. The van der Waals surface area contributed by atoms with Gasteiger partial charge < -0.3 is 15.0 Å². The third-order valence-corrected chi connectivity index (χ3v) is 4.58. The van der Waals surface area contributed by atoms with Gasteiger partial charge in [0.05, 0.1) is 12.3 Å². The first kappa shape index (κ1) is 18.9. The summed E-state index contributed by atoms with van der Waals surface area (Å²) >= 11 is 0. The second-order valence-corrected chi connectivity index (χ2v) is 6.79. The van der Waals surface area contributed by atoms with E-state index in [-0.39, 0.29) is 17.5 Å². The van der Waals surface area contributed by atoms with Gasteiger partial charge in [-0.1, -0.05) is 25.1 Å². The molecule has 1 fully saturated rings. The molecule has 27 heavy (non-hydrogen) atoms. The Balaban J connectivity index is 1.75. The Morgan fingerprint density at radius 3 is 2.74 bits per heavy atom. The molecule has 6 heteroatoms. The molecule has 2 aromatic rings. The van der Waals surface area contributed by atoms with E-state index in [0.29, 0.717) is 29.7 Å². The minimum Gasteiger partial charge on any atom is -0.492 e. The van der Waals surface area contributed by atoms with Gasteiger partial charge in [-0.05, 0) is 49.9 Å². The number of nitrogens with one attached hydrogen (secondary N) is 1. The molecule has 6 nitrogen and oxygen atoms in total. The summed E-state index contributed by atoms with van der Waals surface area (Å²) in [6.45, 7) is 6.01. The van der Waals surface area contributed by atoms with Crippen molar-refractivity contribution in [2.75, 3.05) is 25.0 Å². The highest BCUT2D eigenvalue weighted by atomic mass is 16.5. The van der Waals surface area contributed by atoms with Crippen molar-refractivity contribution in [3.8, 4) is 5.75 Å². The second kappa shape index (κ2) is 8.66. The molecule has 0 radical (unpaired) electrons. The lowest BCUT2D eigenvalue weighted by atomic mass is 10.00. The molecule has 2 heterocycles. The topological polar surface area (TPSA) is 71.5 Å². The van der Waals surface area contributed by atoms with Crippen LogP contribution in [0.1, 0.15) is 47.7 Å². The molecular formula is C21H25N3O3. The van der Waals surface area contributed by atoms with E-state index in [2.05, 4.69) is 17.2 Å². The van der Waals surface area contributed by atoms with E-state index in [4.69, 9.17) is 4.74 Å². The maximum atomic E-state index is 12.7. The molecule has 1 saturated heterocycles. The van der Waals surface area contributed by atoms with E-state index < -0.39 is 0 Å². The van der Waals surface area contributed by atoms with Gasteiger partial charge in [-0.15, -0.1) is 0 Å². The van der Waals surface area contributed by atoms with E-state index in [1.54, 1.807) is 30.3 Å². The summed E-state index contributed by atoms with van der Waals surface area (Å²) in [5.74, 6) is 0.599. The van der Waals surface area contributed by atoms with Crippen LogP contribution in [0.15, 0.2) is 42.5 Å². The van der Waals surface area contributed by atoms with Crippen molar-refractivity contribution in [2.45, 2.75) is 26.7 Å². The number of amides is 2. The van der Waals surface area contributed by atoms with E-state index >= 15 is 0 Å². The molecule has 1 aliphatic rings. The molecule has 142 valence electrons. The van der Waals surface area contributed by atoms with Crippen molar-refractivity contribution < 1.29 is 14.3 Å². The van der Waals surface area contributed by atoms with E-state index in [1.165, 1.54) is 0 Å². The third kappa shape index (κ3) is 4.64. The summed E-state index contributed by atoms with van der Waals surface area (Å²) in [7, 11) is 0. The molecular weight excluding hydrogens is 342 g/mol. The SMILES string of the molecule is CCOc1ccccc1NC(=O)c1cccc(C(=O)N2CCCC(C)C2)n1. The van der Waals surface area contributed by atoms with Crippen molar-refractivity contribution >= 4 is 17.5 Å². The number of carbonyl (C=O) groups excluding carboxylic acids is 2. The maximum Gasteiger partial charge on any atom is 0.274 e. The number of anilines is 1. The van der Waals surface area contributed by atoms with Gasteiger partial charge in [0.25, 0.3) is 11.8 Å². The number of ether oxygens (including phenoxy) is 1. The average Bonchev–Trinajstić information content (AvgIpc) is 2.69. The number of rotatable bonds is 5. The van der Waals surface area contributed by atoms with E-state index in [0.717, 1.165) is 25.9 Å². The Hall–Kier alpha value is -2.89. The highest BCUT2D eigenvalue weighted by Crippen LogP contribution is 2.24. The number of likely N-dealkylation sites (tertiary alicyclic amines) is 1. The number of aromatic nitrogens is 1. The molecule has 2 amide bonds. The molecule has 0 aliphatic carbocycles. The number of carbonyl (C=O) groups is 2. The lowest BCUT2D eigenvalue weighted by molar-refractivity contribution is 0.0677. The number of hydrogen-bond donors (Lipinski definition) is 1. The fraction of sp³-hybridized carbons (Fsp3) is 0.381. The predicted molar refractivity (Wildman–Crippen MR) is 104 cm³/mol. The summed E-state index contributed by atoms with van der Waals surface area (Å²) < 4.78 is 5.53. The molecule has 1 aliphatic heterocycles. The lowest BCUT2D eigenvalue weighted by Gasteiger charge is -2.30. The fourth-order valence-corrected chi connectivity index (χ4v) is 3.25. The third-order valence-electron chi connectivity index (χ3n) is 4.58.